The average molecular weight is 541 g/mol. The first-order valence-corrected chi connectivity index (χ1v) is 12.5. The second kappa shape index (κ2) is 13.4. The Kier molecular flexibility index (Phi) is 9.98. The molecule has 12 nitrogen and oxygen atoms in total. The van der Waals surface area contributed by atoms with Crippen molar-refractivity contribution >= 4 is 29.7 Å². The van der Waals surface area contributed by atoms with Crippen LogP contribution in [0, 0.1) is 0 Å². The number of carboxylic acid groups (broad SMARTS) is 2. The van der Waals surface area contributed by atoms with Crippen LogP contribution in [-0.4, -0.2) is 80.6 Å². The molecule has 1 fully saturated rings. The number of aromatic hydroxyl groups is 1. The fraction of sp³-hybridized carbons (Fsp3) is 0.370. The van der Waals surface area contributed by atoms with Crippen LogP contribution in [0.3, 0.4) is 0 Å². The number of rotatable bonds is 12. The van der Waals surface area contributed by atoms with Crippen LogP contribution in [0.15, 0.2) is 54.6 Å². The van der Waals surface area contributed by atoms with Gasteiger partial charge in [0.05, 0.1) is 12.5 Å². The first-order valence-electron chi connectivity index (χ1n) is 12.5. The average Bonchev–Trinajstić information content (AvgIpc) is 3.39. The van der Waals surface area contributed by atoms with Gasteiger partial charge in [0.1, 0.15) is 23.9 Å². The maximum absolute atomic E-state index is 13.5. The van der Waals surface area contributed by atoms with E-state index < -0.39 is 60.2 Å². The molecule has 0 radical (unpaired) electrons. The maximum atomic E-state index is 13.5. The quantitative estimate of drug-likeness (QED) is 0.215. The van der Waals surface area contributed by atoms with E-state index in [0.29, 0.717) is 18.4 Å². The minimum Gasteiger partial charge on any atom is -0.508 e. The van der Waals surface area contributed by atoms with E-state index in [1.165, 1.54) is 17.0 Å². The number of phenols is 1. The van der Waals surface area contributed by atoms with Gasteiger partial charge in [-0.05, 0) is 36.1 Å². The van der Waals surface area contributed by atoms with E-state index in [1.807, 2.05) is 0 Å². The zero-order valence-electron chi connectivity index (χ0n) is 21.2. The highest BCUT2D eigenvalue weighted by Crippen LogP contribution is 2.20. The monoisotopic (exact) mass is 540 g/mol. The van der Waals surface area contributed by atoms with Gasteiger partial charge in [-0.3, -0.25) is 19.2 Å². The number of carbonyl (C=O) groups is 5. The van der Waals surface area contributed by atoms with Gasteiger partial charge in [-0.15, -0.1) is 0 Å². The van der Waals surface area contributed by atoms with Crippen LogP contribution in [0.25, 0.3) is 0 Å². The highest BCUT2D eigenvalue weighted by Gasteiger charge is 2.38. The van der Waals surface area contributed by atoms with Crippen LogP contribution in [0.5, 0.6) is 5.75 Å². The van der Waals surface area contributed by atoms with Gasteiger partial charge in [-0.2, -0.15) is 0 Å². The molecular weight excluding hydrogens is 508 g/mol. The lowest BCUT2D eigenvalue weighted by Gasteiger charge is -2.29. The summed E-state index contributed by atoms with van der Waals surface area (Å²) in [5, 5.41) is 33.3. The SMILES string of the molecule is NC(CC(=O)O)C(=O)NC(Cc1ccc(O)cc1)C(=O)NC(Cc1ccccc1)C(=O)N1CCCC1C(=O)O. The number of benzene rings is 2. The number of aliphatic carboxylic acids is 2. The van der Waals surface area contributed by atoms with Gasteiger partial charge >= 0.3 is 11.9 Å². The van der Waals surface area contributed by atoms with Crippen molar-refractivity contribution in [2.45, 2.75) is 56.3 Å². The van der Waals surface area contributed by atoms with Crippen molar-refractivity contribution in [2.75, 3.05) is 6.54 Å². The zero-order valence-corrected chi connectivity index (χ0v) is 21.2. The summed E-state index contributed by atoms with van der Waals surface area (Å²) in [6, 6.07) is 9.98. The molecule has 1 saturated heterocycles. The largest absolute Gasteiger partial charge is 0.508 e. The molecule has 12 heteroatoms. The van der Waals surface area contributed by atoms with Gasteiger partial charge in [0, 0.05) is 19.4 Å². The first-order chi connectivity index (χ1) is 18.5. The van der Waals surface area contributed by atoms with Gasteiger partial charge in [-0.25, -0.2) is 4.79 Å². The summed E-state index contributed by atoms with van der Waals surface area (Å²) in [5.41, 5.74) is 6.98. The fourth-order valence-corrected chi connectivity index (χ4v) is 4.45. The molecular formula is C27H32N4O8. The minimum absolute atomic E-state index is 0.000567. The summed E-state index contributed by atoms with van der Waals surface area (Å²) < 4.78 is 0. The van der Waals surface area contributed by atoms with Gasteiger partial charge in [0.15, 0.2) is 0 Å². The molecule has 7 N–H and O–H groups in total. The Morgan fingerprint density at radius 2 is 1.46 bits per heavy atom. The summed E-state index contributed by atoms with van der Waals surface area (Å²) in [6.07, 6.45) is 0.182. The fourth-order valence-electron chi connectivity index (χ4n) is 4.45. The molecule has 1 aliphatic heterocycles. The normalized spacial score (nSPS) is 17.1. The number of amides is 3. The number of hydrogen-bond donors (Lipinski definition) is 6. The highest BCUT2D eigenvalue weighted by molar-refractivity contribution is 5.95. The Labute approximate surface area is 224 Å². The molecule has 4 unspecified atom stereocenters. The Morgan fingerprint density at radius 3 is 2.08 bits per heavy atom. The molecule has 0 aliphatic carbocycles. The van der Waals surface area contributed by atoms with Crippen LogP contribution in [0.1, 0.15) is 30.4 Å². The maximum Gasteiger partial charge on any atom is 0.326 e. The van der Waals surface area contributed by atoms with E-state index in [-0.39, 0.29) is 25.1 Å². The van der Waals surface area contributed by atoms with Gasteiger partial charge < -0.3 is 36.6 Å². The molecule has 2 aromatic carbocycles. The molecule has 0 saturated carbocycles. The molecule has 1 aliphatic rings. The molecule has 2 aromatic rings. The Morgan fingerprint density at radius 1 is 0.872 bits per heavy atom. The Hall–Kier alpha value is -4.45. The number of carboxylic acids is 2. The van der Waals surface area contributed by atoms with Crippen molar-refractivity contribution in [3.05, 3.63) is 65.7 Å². The molecule has 0 spiro atoms. The number of likely N-dealkylation sites (tertiary alicyclic amines) is 1. The van der Waals surface area contributed by atoms with Gasteiger partial charge in [-0.1, -0.05) is 42.5 Å². The number of phenolic OH excluding ortho intramolecular Hbond substituents is 1. The lowest BCUT2D eigenvalue weighted by molar-refractivity contribution is -0.149. The zero-order chi connectivity index (χ0) is 28.5. The first kappa shape index (κ1) is 29.1. The Balaban J connectivity index is 1.86. The summed E-state index contributed by atoms with van der Waals surface area (Å²) in [5.74, 6) is -4.58. The predicted molar refractivity (Wildman–Crippen MR) is 138 cm³/mol. The van der Waals surface area contributed by atoms with Crippen molar-refractivity contribution in [1.29, 1.82) is 0 Å². The Bertz CT molecular complexity index is 1190. The van der Waals surface area contributed by atoms with Crippen LogP contribution in [0.2, 0.25) is 0 Å². The topological polar surface area (TPSA) is 199 Å². The number of nitrogens with zero attached hydrogens (tertiary/aromatic N) is 1. The molecule has 39 heavy (non-hydrogen) atoms. The standard InChI is InChI=1S/C27H32N4O8/c28-19(15-23(33)34)24(35)29-20(13-17-8-10-18(32)11-9-17)25(36)30-21(14-16-5-2-1-3-6-16)26(37)31-12-4-7-22(31)27(38)39/h1-3,5-6,8-11,19-22,32H,4,7,12-15,28H2,(H,29,35)(H,30,36)(H,33,34)(H,38,39). The predicted octanol–water partition coefficient (Wildman–Crippen LogP) is 0.0246. The lowest BCUT2D eigenvalue weighted by Crippen LogP contribution is -2.58. The number of carbonyl (C=O) groups excluding carboxylic acids is 3. The van der Waals surface area contributed by atoms with Crippen LogP contribution in [0.4, 0.5) is 0 Å². The summed E-state index contributed by atoms with van der Waals surface area (Å²) >= 11 is 0. The van der Waals surface area contributed by atoms with Gasteiger partial charge in [0.25, 0.3) is 0 Å². The van der Waals surface area contributed by atoms with E-state index in [2.05, 4.69) is 10.6 Å². The van der Waals surface area contributed by atoms with Crippen LogP contribution >= 0.6 is 0 Å². The van der Waals surface area contributed by atoms with E-state index in [4.69, 9.17) is 10.8 Å². The second-order valence-corrected chi connectivity index (χ2v) is 9.41. The molecule has 3 amide bonds. The summed E-state index contributed by atoms with van der Waals surface area (Å²) in [6.45, 7) is 0.231. The number of nitrogens with two attached hydrogens (primary N) is 1. The van der Waals surface area contributed by atoms with E-state index in [9.17, 15) is 34.2 Å². The minimum atomic E-state index is -1.42. The van der Waals surface area contributed by atoms with Crippen molar-refractivity contribution in [3.8, 4) is 5.75 Å². The van der Waals surface area contributed by atoms with Crippen molar-refractivity contribution in [2.24, 2.45) is 5.73 Å². The lowest BCUT2D eigenvalue weighted by atomic mass is 10.0. The molecule has 0 bridgehead atoms. The third-order valence-electron chi connectivity index (χ3n) is 6.46. The number of hydrogen-bond acceptors (Lipinski definition) is 7. The number of nitrogens with one attached hydrogen (secondary N) is 2. The van der Waals surface area contributed by atoms with Crippen LogP contribution in [-0.2, 0) is 36.8 Å². The molecule has 3 rings (SSSR count). The summed E-state index contributed by atoms with van der Waals surface area (Å²) in [7, 11) is 0. The van der Waals surface area contributed by atoms with E-state index >= 15 is 0 Å². The van der Waals surface area contributed by atoms with Crippen molar-refractivity contribution in [1.82, 2.24) is 15.5 Å². The van der Waals surface area contributed by atoms with Crippen molar-refractivity contribution in [3.63, 3.8) is 0 Å². The third kappa shape index (κ3) is 8.27. The molecule has 1 heterocycles. The summed E-state index contributed by atoms with van der Waals surface area (Å²) in [4.78, 5) is 63.6. The highest BCUT2D eigenvalue weighted by atomic mass is 16.4. The van der Waals surface area contributed by atoms with E-state index in [0.717, 1.165) is 5.56 Å². The molecule has 208 valence electrons. The van der Waals surface area contributed by atoms with E-state index in [1.54, 1.807) is 42.5 Å². The molecule has 0 aromatic heterocycles. The second-order valence-electron chi connectivity index (χ2n) is 9.41. The third-order valence-corrected chi connectivity index (χ3v) is 6.46. The van der Waals surface area contributed by atoms with Crippen molar-refractivity contribution < 1.29 is 39.3 Å². The molecule has 4 atom stereocenters. The van der Waals surface area contributed by atoms with Gasteiger partial charge in [0.2, 0.25) is 17.7 Å². The van der Waals surface area contributed by atoms with Crippen LogP contribution < -0.4 is 16.4 Å². The smallest absolute Gasteiger partial charge is 0.326 e.